The maximum Gasteiger partial charge on any atom is 0.141 e. The summed E-state index contributed by atoms with van der Waals surface area (Å²) in [5.41, 5.74) is 5.42. The predicted molar refractivity (Wildman–Crippen MR) is 68.8 cm³/mol. The number of ether oxygens (including phenoxy) is 2. The number of hydrogen-bond donors (Lipinski definition) is 1. The Morgan fingerprint density at radius 3 is 2.44 bits per heavy atom. The van der Waals surface area contributed by atoms with Gasteiger partial charge in [-0.15, -0.1) is 11.8 Å². The molecule has 0 saturated heterocycles. The van der Waals surface area contributed by atoms with Gasteiger partial charge in [-0.25, -0.2) is 8.78 Å². The molecule has 0 aliphatic carbocycles. The van der Waals surface area contributed by atoms with Crippen molar-refractivity contribution < 1.29 is 18.3 Å². The zero-order chi connectivity index (χ0) is 13.4. The normalized spacial score (nSPS) is 10.8. The van der Waals surface area contributed by atoms with Crippen molar-refractivity contribution in [2.45, 2.75) is 11.3 Å². The Kier molecular flexibility index (Phi) is 7.00. The SMILES string of the molecule is COCCOCCCSc1c(F)cc(N)cc1F. The quantitative estimate of drug-likeness (QED) is 0.451. The number of nitrogen functional groups attached to an aromatic ring is 1. The molecule has 0 unspecified atom stereocenters. The molecule has 18 heavy (non-hydrogen) atoms. The number of hydrogen-bond acceptors (Lipinski definition) is 4. The fraction of sp³-hybridized carbons (Fsp3) is 0.500. The highest BCUT2D eigenvalue weighted by Crippen LogP contribution is 2.27. The minimum atomic E-state index is -0.613. The number of halogens is 2. The van der Waals surface area contributed by atoms with E-state index in [2.05, 4.69) is 0 Å². The molecule has 0 spiro atoms. The molecular weight excluding hydrogens is 260 g/mol. The molecule has 0 radical (unpaired) electrons. The van der Waals surface area contributed by atoms with Crippen LogP contribution in [0, 0.1) is 11.6 Å². The number of benzene rings is 1. The number of thioether (sulfide) groups is 1. The number of methoxy groups -OCH3 is 1. The Morgan fingerprint density at radius 1 is 1.17 bits per heavy atom. The second-order valence-corrected chi connectivity index (χ2v) is 4.73. The summed E-state index contributed by atoms with van der Waals surface area (Å²) < 4.78 is 36.9. The van der Waals surface area contributed by atoms with Gasteiger partial charge in [-0.2, -0.15) is 0 Å². The van der Waals surface area contributed by atoms with Gasteiger partial charge < -0.3 is 15.2 Å². The van der Waals surface area contributed by atoms with Crippen LogP contribution in [0.25, 0.3) is 0 Å². The first kappa shape index (κ1) is 15.2. The van der Waals surface area contributed by atoms with Gasteiger partial charge >= 0.3 is 0 Å². The molecule has 6 heteroatoms. The molecule has 1 rings (SSSR count). The summed E-state index contributed by atoms with van der Waals surface area (Å²) in [5, 5.41) is 0. The molecule has 0 aliphatic heterocycles. The fourth-order valence-corrected chi connectivity index (χ4v) is 2.16. The molecule has 0 heterocycles. The topological polar surface area (TPSA) is 44.5 Å². The number of anilines is 1. The Morgan fingerprint density at radius 2 is 1.83 bits per heavy atom. The van der Waals surface area contributed by atoms with Crippen LogP contribution in [0.2, 0.25) is 0 Å². The van der Waals surface area contributed by atoms with Crippen LogP contribution in [0.4, 0.5) is 14.5 Å². The largest absolute Gasteiger partial charge is 0.399 e. The van der Waals surface area contributed by atoms with Crippen molar-refractivity contribution in [1.29, 1.82) is 0 Å². The van der Waals surface area contributed by atoms with Gasteiger partial charge in [-0.05, 0) is 18.6 Å². The molecule has 0 bridgehead atoms. The predicted octanol–water partition coefficient (Wildman–Crippen LogP) is 2.69. The van der Waals surface area contributed by atoms with Crippen molar-refractivity contribution in [1.82, 2.24) is 0 Å². The second kappa shape index (κ2) is 8.29. The summed E-state index contributed by atoms with van der Waals surface area (Å²) in [7, 11) is 1.60. The Balaban J connectivity index is 2.27. The minimum absolute atomic E-state index is 0.0149. The summed E-state index contributed by atoms with van der Waals surface area (Å²) in [6.07, 6.45) is 0.720. The van der Waals surface area contributed by atoms with Crippen LogP contribution in [-0.2, 0) is 9.47 Å². The molecule has 1 aromatic rings. The van der Waals surface area contributed by atoms with Gasteiger partial charge in [0.05, 0.1) is 18.1 Å². The second-order valence-electron chi connectivity index (χ2n) is 3.62. The van der Waals surface area contributed by atoms with E-state index in [4.69, 9.17) is 15.2 Å². The zero-order valence-electron chi connectivity index (χ0n) is 10.2. The Labute approximate surface area is 110 Å². The van der Waals surface area contributed by atoms with Crippen molar-refractivity contribution in [3.63, 3.8) is 0 Å². The first-order chi connectivity index (χ1) is 8.65. The summed E-state index contributed by atoms with van der Waals surface area (Å²) >= 11 is 1.13. The van der Waals surface area contributed by atoms with E-state index in [1.807, 2.05) is 0 Å². The van der Waals surface area contributed by atoms with Crippen LogP contribution in [-0.4, -0.2) is 32.7 Å². The molecule has 2 N–H and O–H groups in total. The monoisotopic (exact) mass is 277 g/mol. The number of rotatable bonds is 8. The van der Waals surface area contributed by atoms with E-state index in [9.17, 15) is 8.78 Å². The van der Waals surface area contributed by atoms with E-state index >= 15 is 0 Å². The molecule has 1 aromatic carbocycles. The molecule has 0 atom stereocenters. The Bertz CT molecular complexity index is 354. The molecule has 102 valence electrons. The molecule has 0 aromatic heterocycles. The highest BCUT2D eigenvalue weighted by Gasteiger charge is 2.10. The lowest BCUT2D eigenvalue weighted by Gasteiger charge is -2.06. The van der Waals surface area contributed by atoms with Crippen molar-refractivity contribution in [3.8, 4) is 0 Å². The van der Waals surface area contributed by atoms with E-state index in [-0.39, 0.29) is 10.6 Å². The maximum atomic E-state index is 13.4. The van der Waals surface area contributed by atoms with E-state index in [0.29, 0.717) is 25.6 Å². The summed E-state index contributed by atoms with van der Waals surface area (Å²) in [6, 6.07) is 2.25. The van der Waals surface area contributed by atoms with Gasteiger partial charge in [0.25, 0.3) is 0 Å². The molecule has 0 fully saturated rings. The van der Waals surface area contributed by atoms with E-state index in [1.54, 1.807) is 7.11 Å². The van der Waals surface area contributed by atoms with Crippen LogP contribution < -0.4 is 5.73 Å². The third-order valence-corrected chi connectivity index (χ3v) is 3.30. The first-order valence-electron chi connectivity index (χ1n) is 5.59. The van der Waals surface area contributed by atoms with E-state index in [0.717, 1.165) is 30.3 Å². The molecule has 0 aliphatic rings. The van der Waals surface area contributed by atoms with Crippen LogP contribution in [0.3, 0.4) is 0 Å². The van der Waals surface area contributed by atoms with Crippen LogP contribution in [0.5, 0.6) is 0 Å². The van der Waals surface area contributed by atoms with Crippen molar-refractivity contribution in [2.75, 3.05) is 38.4 Å². The standard InChI is InChI=1S/C12H17F2NO2S/c1-16-4-5-17-3-2-6-18-12-10(13)7-9(15)8-11(12)14/h7-8H,2-6,15H2,1H3. The van der Waals surface area contributed by atoms with Gasteiger partial charge in [0.1, 0.15) is 11.6 Å². The van der Waals surface area contributed by atoms with Crippen LogP contribution in [0.1, 0.15) is 6.42 Å². The molecule has 0 saturated carbocycles. The van der Waals surface area contributed by atoms with Crippen LogP contribution in [0.15, 0.2) is 17.0 Å². The molecule has 3 nitrogen and oxygen atoms in total. The van der Waals surface area contributed by atoms with Gasteiger partial charge in [-0.3, -0.25) is 0 Å². The smallest absolute Gasteiger partial charge is 0.141 e. The van der Waals surface area contributed by atoms with Crippen molar-refractivity contribution >= 4 is 17.4 Å². The zero-order valence-corrected chi connectivity index (χ0v) is 11.1. The van der Waals surface area contributed by atoms with Gasteiger partial charge in [0, 0.05) is 25.2 Å². The highest BCUT2D eigenvalue weighted by molar-refractivity contribution is 7.99. The highest BCUT2D eigenvalue weighted by atomic mass is 32.2. The third-order valence-electron chi connectivity index (χ3n) is 2.13. The lowest BCUT2D eigenvalue weighted by Crippen LogP contribution is -2.03. The molecule has 0 amide bonds. The lowest BCUT2D eigenvalue weighted by atomic mass is 10.3. The summed E-state index contributed by atoms with van der Waals surface area (Å²) in [4.78, 5) is 0.0149. The van der Waals surface area contributed by atoms with Gasteiger partial charge in [0.15, 0.2) is 0 Å². The number of nitrogens with two attached hydrogens (primary N) is 1. The van der Waals surface area contributed by atoms with Crippen LogP contribution >= 0.6 is 11.8 Å². The fourth-order valence-electron chi connectivity index (χ4n) is 1.30. The average molecular weight is 277 g/mol. The lowest BCUT2D eigenvalue weighted by molar-refractivity contribution is 0.0713. The van der Waals surface area contributed by atoms with Crippen molar-refractivity contribution in [2.24, 2.45) is 0 Å². The summed E-state index contributed by atoms with van der Waals surface area (Å²) in [5.74, 6) is -0.638. The van der Waals surface area contributed by atoms with Gasteiger partial charge in [-0.1, -0.05) is 0 Å². The Hall–Kier alpha value is -0.850. The van der Waals surface area contributed by atoms with Gasteiger partial charge in [0.2, 0.25) is 0 Å². The van der Waals surface area contributed by atoms with E-state index < -0.39 is 11.6 Å². The van der Waals surface area contributed by atoms with Crippen molar-refractivity contribution in [3.05, 3.63) is 23.8 Å². The minimum Gasteiger partial charge on any atom is -0.399 e. The van der Waals surface area contributed by atoms with E-state index in [1.165, 1.54) is 0 Å². The third kappa shape index (κ3) is 5.20. The summed E-state index contributed by atoms with van der Waals surface area (Å²) in [6.45, 7) is 1.63. The first-order valence-corrected chi connectivity index (χ1v) is 6.57. The molecular formula is C12H17F2NO2S. The average Bonchev–Trinajstić information content (AvgIpc) is 2.30. The maximum absolute atomic E-state index is 13.4.